The number of aromatic nitrogens is 1. The van der Waals surface area contributed by atoms with Crippen molar-refractivity contribution in [3.05, 3.63) is 43.6 Å². The highest BCUT2D eigenvalue weighted by molar-refractivity contribution is 9.10. The number of hydrogen-bond donors (Lipinski definition) is 1. The van der Waals surface area contributed by atoms with E-state index in [1.54, 1.807) is 0 Å². The molecule has 3 heteroatoms. The number of halogens is 1. The van der Waals surface area contributed by atoms with Gasteiger partial charge in [-0.05, 0) is 38.0 Å². The molecule has 0 amide bonds. The lowest BCUT2D eigenvalue weighted by atomic mass is 10.1. The summed E-state index contributed by atoms with van der Waals surface area (Å²) in [5.41, 5.74) is 4.04. The van der Waals surface area contributed by atoms with E-state index < -0.39 is 0 Å². The zero-order valence-corrected chi connectivity index (χ0v) is 11.2. The average Bonchev–Trinajstić information content (AvgIpc) is 2.24. The lowest BCUT2D eigenvalue weighted by Gasteiger charge is -2.09. The molecule has 2 aromatic rings. The van der Waals surface area contributed by atoms with Gasteiger partial charge in [-0.25, -0.2) is 0 Å². The largest absolute Gasteiger partial charge is 0.358 e. The number of hydrogen-bond acceptors (Lipinski definition) is 1. The zero-order valence-electron chi connectivity index (χ0n) is 9.65. The topological polar surface area (TPSA) is 32.9 Å². The molecule has 1 N–H and O–H groups in total. The minimum absolute atomic E-state index is 0.134. The maximum atomic E-state index is 12.2. The fourth-order valence-electron chi connectivity index (χ4n) is 2.03. The zero-order chi connectivity index (χ0) is 11.9. The molecule has 0 aliphatic heterocycles. The van der Waals surface area contributed by atoms with Crippen molar-refractivity contribution < 1.29 is 0 Å². The van der Waals surface area contributed by atoms with E-state index >= 15 is 0 Å². The average molecular weight is 280 g/mol. The summed E-state index contributed by atoms with van der Waals surface area (Å²) < 4.78 is 0.951. The summed E-state index contributed by atoms with van der Waals surface area (Å²) in [6.45, 7) is 5.95. The van der Waals surface area contributed by atoms with E-state index in [2.05, 4.69) is 27.8 Å². The van der Waals surface area contributed by atoms with Gasteiger partial charge in [-0.2, -0.15) is 0 Å². The molecule has 0 saturated heterocycles. The quantitative estimate of drug-likeness (QED) is 0.852. The Balaban J connectivity index is 2.99. The Morgan fingerprint density at radius 3 is 2.62 bits per heavy atom. The molecule has 0 atom stereocenters. The van der Waals surface area contributed by atoms with Crippen LogP contribution < -0.4 is 5.43 Å². The van der Waals surface area contributed by atoms with Crippen molar-refractivity contribution in [1.82, 2.24) is 4.98 Å². The van der Waals surface area contributed by atoms with E-state index in [4.69, 9.17) is 0 Å². The lowest BCUT2D eigenvalue weighted by Crippen LogP contribution is -2.11. The van der Waals surface area contributed by atoms with Gasteiger partial charge in [-0.1, -0.05) is 22.9 Å². The van der Waals surface area contributed by atoms with Crippen molar-refractivity contribution in [3.63, 3.8) is 0 Å². The molecule has 0 spiro atoms. The Morgan fingerprint density at radius 2 is 2.00 bits per heavy atom. The molecule has 0 radical (unpaired) electrons. The Bertz CT molecular complexity index is 613. The van der Waals surface area contributed by atoms with Gasteiger partial charge in [0, 0.05) is 21.1 Å². The fraction of sp³-hybridized carbons (Fsp3) is 0.308. The standard InChI is InChI=1S/C13H14BrNO/c1-4-11-8(3)13(16)10-6-9(14)5-7(2)12(10)15-11/h5-6H,4H2,1-3H3,(H,15,16). The third-order valence-corrected chi connectivity index (χ3v) is 3.43. The molecule has 0 aliphatic carbocycles. The van der Waals surface area contributed by atoms with Crippen LogP contribution in [0.2, 0.25) is 0 Å². The van der Waals surface area contributed by atoms with E-state index in [9.17, 15) is 4.79 Å². The molecule has 0 saturated carbocycles. The van der Waals surface area contributed by atoms with Crippen LogP contribution in [0, 0.1) is 13.8 Å². The van der Waals surface area contributed by atoms with E-state index in [0.29, 0.717) is 0 Å². The summed E-state index contributed by atoms with van der Waals surface area (Å²) in [6.07, 6.45) is 0.854. The third-order valence-electron chi connectivity index (χ3n) is 2.97. The first kappa shape index (κ1) is 11.4. The first-order valence-electron chi connectivity index (χ1n) is 5.36. The molecule has 1 aromatic carbocycles. The first-order chi connectivity index (χ1) is 7.54. The van der Waals surface area contributed by atoms with Crippen LogP contribution >= 0.6 is 15.9 Å². The predicted molar refractivity (Wildman–Crippen MR) is 71.1 cm³/mol. The summed E-state index contributed by atoms with van der Waals surface area (Å²) in [6, 6.07) is 3.90. The second kappa shape index (κ2) is 4.06. The maximum Gasteiger partial charge on any atom is 0.192 e. The lowest BCUT2D eigenvalue weighted by molar-refractivity contribution is 1.02. The number of pyridine rings is 1. The van der Waals surface area contributed by atoms with Gasteiger partial charge in [-0.15, -0.1) is 0 Å². The summed E-state index contributed by atoms with van der Waals surface area (Å²) in [4.78, 5) is 15.5. The molecule has 16 heavy (non-hydrogen) atoms. The number of rotatable bonds is 1. The molecular formula is C13H14BrNO. The second-order valence-corrected chi connectivity index (χ2v) is 4.97. The SMILES string of the molecule is CCc1[nH]c2c(C)cc(Br)cc2c(=O)c1C. The van der Waals surface area contributed by atoms with Crippen molar-refractivity contribution in [1.29, 1.82) is 0 Å². The molecule has 0 fully saturated rings. The smallest absolute Gasteiger partial charge is 0.192 e. The normalized spacial score (nSPS) is 11.0. The number of aromatic amines is 1. The van der Waals surface area contributed by atoms with Gasteiger partial charge in [-0.3, -0.25) is 4.79 Å². The van der Waals surface area contributed by atoms with Crippen LogP contribution in [0.5, 0.6) is 0 Å². The molecule has 2 rings (SSSR count). The summed E-state index contributed by atoms with van der Waals surface area (Å²) in [5, 5.41) is 0.765. The molecule has 0 aliphatic rings. The molecule has 1 aromatic heterocycles. The van der Waals surface area contributed by atoms with E-state index in [1.807, 2.05) is 26.0 Å². The van der Waals surface area contributed by atoms with Crippen LogP contribution in [0.4, 0.5) is 0 Å². The molecule has 84 valence electrons. The van der Waals surface area contributed by atoms with Crippen LogP contribution in [0.1, 0.15) is 23.7 Å². The predicted octanol–water partition coefficient (Wildman–Crippen LogP) is 3.47. The van der Waals surface area contributed by atoms with Crippen molar-refractivity contribution in [2.24, 2.45) is 0 Å². The van der Waals surface area contributed by atoms with Crippen LogP contribution in [0.3, 0.4) is 0 Å². The Hall–Kier alpha value is -1.09. The fourth-order valence-corrected chi connectivity index (χ4v) is 2.60. The number of benzene rings is 1. The van der Waals surface area contributed by atoms with Crippen molar-refractivity contribution in [2.75, 3.05) is 0 Å². The van der Waals surface area contributed by atoms with Gasteiger partial charge in [0.05, 0.1) is 5.52 Å². The molecule has 1 heterocycles. The molecule has 0 unspecified atom stereocenters. The van der Waals surface area contributed by atoms with Gasteiger partial charge in [0.1, 0.15) is 0 Å². The second-order valence-electron chi connectivity index (χ2n) is 4.06. The molecular weight excluding hydrogens is 266 g/mol. The minimum Gasteiger partial charge on any atom is -0.358 e. The van der Waals surface area contributed by atoms with Gasteiger partial charge in [0.25, 0.3) is 0 Å². The summed E-state index contributed by atoms with van der Waals surface area (Å²) in [7, 11) is 0. The van der Waals surface area contributed by atoms with Gasteiger partial charge in [0.15, 0.2) is 5.43 Å². The minimum atomic E-state index is 0.134. The van der Waals surface area contributed by atoms with Gasteiger partial charge >= 0.3 is 0 Å². The highest BCUT2D eigenvalue weighted by atomic mass is 79.9. The van der Waals surface area contributed by atoms with Crippen LogP contribution in [0.25, 0.3) is 10.9 Å². The number of fused-ring (bicyclic) bond motifs is 1. The third kappa shape index (κ3) is 1.69. The van der Waals surface area contributed by atoms with Crippen LogP contribution in [-0.4, -0.2) is 4.98 Å². The Labute approximate surface area is 103 Å². The number of H-pyrrole nitrogens is 1. The van der Waals surface area contributed by atoms with E-state index in [-0.39, 0.29) is 5.43 Å². The number of aryl methyl sites for hydroxylation is 2. The van der Waals surface area contributed by atoms with Crippen LogP contribution in [-0.2, 0) is 6.42 Å². The highest BCUT2D eigenvalue weighted by Gasteiger charge is 2.09. The molecule has 0 bridgehead atoms. The number of nitrogens with one attached hydrogen (secondary N) is 1. The van der Waals surface area contributed by atoms with Gasteiger partial charge in [0.2, 0.25) is 0 Å². The van der Waals surface area contributed by atoms with Crippen molar-refractivity contribution in [2.45, 2.75) is 27.2 Å². The first-order valence-corrected chi connectivity index (χ1v) is 6.15. The summed E-state index contributed by atoms with van der Waals surface area (Å²) in [5.74, 6) is 0. The Morgan fingerprint density at radius 1 is 1.31 bits per heavy atom. The maximum absolute atomic E-state index is 12.2. The van der Waals surface area contributed by atoms with Crippen molar-refractivity contribution in [3.8, 4) is 0 Å². The van der Waals surface area contributed by atoms with E-state index in [0.717, 1.165) is 38.6 Å². The van der Waals surface area contributed by atoms with Gasteiger partial charge < -0.3 is 4.98 Å². The van der Waals surface area contributed by atoms with Crippen molar-refractivity contribution >= 4 is 26.8 Å². The van der Waals surface area contributed by atoms with Crippen LogP contribution in [0.15, 0.2) is 21.4 Å². The summed E-state index contributed by atoms with van der Waals surface area (Å²) >= 11 is 3.42. The Kier molecular flexibility index (Phi) is 2.89. The highest BCUT2D eigenvalue weighted by Crippen LogP contribution is 2.21. The monoisotopic (exact) mass is 279 g/mol. The van der Waals surface area contributed by atoms with E-state index in [1.165, 1.54) is 0 Å². The molecule has 2 nitrogen and oxygen atoms in total.